The fraction of sp³-hybridized carbons (Fsp3) is 0.214. The largest absolute Gasteiger partial charge is 0.464 e. The second-order valence-corrected chi connectivity index (χ2v) is 4.39. The van der Waals surface area contributed by atoms with E-state index in [0.717, 1.165) is 29.2 Å². The summed E-state index contributed by atoms with van der Waals surface area (Å²) in [6.45, 7) is 2.72. The predicted molar refractivity (Wildman–Crippen MR) is 75.0 cm³/mol. The van der Waals surface area contributed by atoms with Crippen molar-refractivity contribution in [3.8, 4) is 11.4 Å². The average Bonchev–Trinajstić information content (AvgIpc) is 3.17. The first-order valence-electron chi connectivity index (χ1n) is 6.50. The second-order valence-electron chi connectivity index (χ2n) is 4.39. The molecule has 3 rings (SSSR count). The summed E-state index contributed by atoms with van der Waals surface area (Å²) in [5.74, 6) is 2.51. The van der Waals surface area contributed by atoms with E-state index in [2.05, 4.69) is 32.9 Å². The number of rotatable bonds is 5. The number of anilines is 1. The summed E-state index contributed by atoms with van der Waals surface area (Å²) in [5.41, 5.74) is 1.90. The number of nitrogens with zero attached hydrogens (tertiary/aromatic N) is 3. The number of tetrazole rings is 1. The molecule has 0 unspecified atom stereocenters. The molecule has 20 heavy (non-hydrogen) atoms. The Kier molecular flexibility index (Phi) is 3.45. The van der Waals surface area contributed by atoms with Crippen molar-refractivity contribution in [1.29, 1.82) is 0 Å². The molecule has 0 amide bonds. The zero-order valence-electron chi connectivity index (χ0n) is 11.1. The highest BCUT2D eigenvalue weighted by Crippen LogP contribution is 2.19. The Bertz CT molecular complexity index is 674. The molecule has 0 spiro atoms. The van der Waals surface area contributed by atoms with Crippen molar-refractivity contribution in [1.82, 2.24) is 20.6 Å². The molecule has 0 radical (unpaired) electrons. The van der Waals surface area contributed by atoms with Gasteiger partial charge in [-0.3, -0.25) is 0 Å². The van der Waals surface area contributed by atoms with Gasteiger partial charge in [0.1, 0.15) is 11.5 Å². The number of aromatic nitrogens is 4. The Balaban J connectivity index is 1.70. The molecule has 0 atom stereocenters. The van der Waals surface area contributed by atoms with Gasteiger partial charge in [0, 0.05) is 17.7 Å². The van der Waals surface area contributed by atoms with E-state index >= 15 is 0 Å². The molecule has 3 aromatic rings. The van der Waals surface area contributed by atoms with Crippen LogP contribution in [0.4, 0.5) is 5.69 Å². The monoisotopic (exact) mass is 269 g/mol. The van der Waals surface area contributed by atoms with Crippen LogP contribution in [0.25, 0.3) is 11.4 Å². The Labute approximate surface area is 116 Å². The lowest BCUT2D eigenvalue weighted by molar-refractivity contribution is 0.476. The molecule has 2 N–H and O–H groups in total. The van der Waals surface area contributed by atoms with Gasteiger partial charge in [0.05, 0.1) is 6.54 Å². The molecule has 0 aliphatic heterocycles. The number of hydrogen-bond acceptors (Lipinski definition) is 5. The maximum Gasteiger partial charge on any atom is 0.204 e. The van der Waals surface area contributed by atoms with E-state index in [1.165, 1.54) is 0 Å². The SMILES string of the molecule is CCc1ccc(CNc2cccc(-c3nn[nH]n3)c2)o1. The van der Waals surface area contributed by atoms with E-state index in [-0.39, 0.29) is 0 Å². The Morgan fingerprint density at radius 1 is 1.20 bits per heavy atom. The minimum Gasteiger partial charge on any atom is -0.464 e. The zero-order valence-corrected chi connectivity index (χ0v) is 11.1. The summed E-state index contributed by atoms with van der Waals surface area (Å²) in [5, 5.41) is 17.3. The highest BCUT2D eigenvalue weighted by molar-refractivity contribution is 5.61. The third-order valence-electron chi connectivity index (χ3n) is 3.00. The Morgan fingerprint density at radius 3 is 2.85 bits per heavy atom. The molecule has 6 nitrogen and oxygen atoms in total. The van der Waals surface area contributed by atoms with E-state index in [0.29, 0.717) is 12.4 Å². The van der Waals surface area contributed by atoms with Gasteiger partial charge in [-0.15, -0.1) is 10.2 Å². The fourth-order valence-electron chi connectivity index (χ4n) is 1.95. The second kappa shape index (κ2) is 5.56. The van der Waals surface area contributed by atoms with Gasteiger partial charge in [-0.25, -0.2) is 0 Å². The van der Waals surface area contributed by atoms with Gasteiger partial charge in [-0.1, -0.05) is 19.1 Å². The van der Waals surface area contributed by atoms with Crippen LogP contribution in [0.5, 0.6) is 0 Å². The van der Waals surface area contributed by atoms with Crippen molar-refractivity contribution in [2.45, 2.75) is 19.9 Å². The van der Waals surface area contributed by atoms with Crippen LogP contribution in [0.15, 0.2) is 40.8 Å². The van der Waals surface area contributed by atoms with Crippen LogP contribution in [-0.4, -0.2) is 20.6 Å². The number of hydrogen-bond donors (Lipinski definition) is 2. The Hall–Kier alpha value is -2.63. The molecule has 0 saturated carbocycles. The molecule has 0 aliphatic rings. The number of furan rings is 1. The van der Waals surface area contributed by atoms with Crippen molar-refractivity contribution in [2.75, 3.05) is 5.32 Å². The third-order valence-corrected chi connectivity index (χ3v) is 3.00. The minimum atomic E-state index is 0.583. The topological polar surface area (TPSA) is 79.6 Å². The summed E-state index contributed by atoms with van der Waals surface area (Å²) in [7, 11) is 0. The summed E-state index contributed by atoms with van der Waals surface area (Å²) in [6, 6.07) is 11.9. The number of benzene rings is 1. The molecule has 0 saturated heterocycles. The van der Waals surface area contributed by atoms with Crippen LogP contribution in [-0.2, 0) is 13.0 Å². The quantitative estimate of drug-likeness (QED) is 0.744. The van der Waals surface area contributed by atoms with Crippen LogP contribution < -0.4 is 5.32 Å². The molecule has 0 bridgehead atoms. The highest BCUT2D eigenvalue weighted by atomic mass is 16.3. The molecule has 6 heteroatoms. The van der Waals surface area contributed by atoms with Gasteiger partial charge in [-0.2, -0.15) is 5.21 Å². The van der Waals surface area contributed by atoms with Crippen LogP contribution in [0, 0.1) is 0 Å². The van der Waals surface area contributed by atoms with Crippen molar-refractivity contribution in [2.24, 2.45) is 0 Å². The van der Waals surface area contributed by atoms with Crippen molar-refractivity contribution < 1.29 is 4.42 Å². The average molecular weight is 269 g/mol. The van der Waals surface area contributed by atoms with E-state index in [9.17, 15) is 0 Å². The number of nitrogens with one attached hydrogen (secondary N) is 2. The number of aryl methyl sites for hydroxylation is 1. The van der Waals surface area contributed by atoms with Crippen molar-refractivity contribution in [3.63, 3.8) is 0 Å². The van der Waals surface area contributed by atoms with E-state index in [4.69, 9.17) is 4.42 Å². The predicted octanol–water partition coefficient (Wildman–Crippen LogP) is 2.63. The van der Waals surface area contributed by atoms with Gasteiger partial charge < -0.3 is 9.73 Å². The summed E-state index contributed by atoms with van der Waals surface area (Å²) < 4.78 is 5.65. The molecule has 0 fully saturated rings. The smallest absolute Gasteiger partial charge is 0.204 e. The summed E-state index contributed by atoms with van der Waals surface area (Å²) in [6.07, 6.45) is 0.910. The van der Waals surface area contributed by atoms with Crippen molar-refractivity contribution >= 4 is 5.69 Å². The van der Waals surface area contributed by atoms with Gasteiger partial charge >= 0.3 is 0 Å². The van der Waals surface area contributed by atoms with Gasteiger partial charge in [0.2, 0.25) is 5.82 Å². The van der Waals surface area contributed by atoms with Crippen molar-refractivity contribution in [3.05, 3.63) is 47.9 Å². The van der Waals surface area contributed by atoms with E-state index in [1.807, 2.05) is 36.4 Å². The number of H-pyrrole nitrogens is 1. The molecular weight excluding hydrogens is 254 g/mol. The van der Waals surface area contributed by atoms with E-state index < -0.39 is 0 Å². The molecular formula is C14H15N5O. The van der Waals surface area contributed by atoms with E-state index in [1.54, 1.807) is 0 Å². The van der Waals surface area contributed by atoms with Gasteiger partial charge in [-0.05, 0) is 29.5 Å². The maximum atomic E-state index is 5.65. The molecule has 102 valence electrons. The molecule has 2 heterocycles. The highest BCUT2D eigenvalue weighted by Gasteiger charge is 2.04. The number of aromatic amines is 1. The molecule has 2 aromatic heterocycles. The fourth-order valence-corrected chi connectivity index (χ4v) is 1.95. The van der Waals surface area contributed by atoms with Gasteiger partial charge in [0.15, 0.2) is 0 Å². The summed E-state index contributed by atoms with van der Waals surface area (Å²) in [4.78, 5) is 0. The van der Waals surface area contributed by atoms with Crippen LogP contribution in [0.3, 0.4) is 0 Å². The van der Waals surface area contributed by atoms with Crippen LogP contribution >= 0.6 is 0 Å². The lowest BCUT2D eigenvalue weighted by Gasteiger charge is -2.05. The standard InChI is InChI=1S/C14H15N5O/c1-2-12-6-7-13(20-12)9-15-11-5-3-4-10(8-11)14-16-18-19-17-14/h3-8,15H,2,9H2,1H3,(H,16,17,18,19). The Morgan fingerprint density at radius 2 is 2.10 bits per heavy atom. The first kappa shape index (κ1) is 12.4. The lowest BCUT2D eigenvalue weighted by Crippen LogP contribution is -1.98. The first-order valence-corrected chi connectivity index (χ1v) is 6.50. The third kappa shape index (κ3) is 2.69. The maximum absolute atomic E-state index is 5.65. The van der Waals surface area contributed by atoms with Crippen LogP contribution in [0.1, 0.15) is 18.4 Å². The normalized spacial score (nSPS) is 10.7. The molecule has 1 aromatic carbocycles. The lowest BCUT2D eigenvalue weighted by atomic mass is 10.2. The zero-order chi connectivity index (χ0) is 13.8. The van der Waals surface area contributed by atoms with Crippen LogP contribution in [0.2, 0.25) is 0 Å². The first-order chi connectivity index (χ1) is 9.85. The van der Waals surface area contributed by atoms with Gasteiger partial charge in [0.25, 0.3) is 0 Å². The summed E-state index contributed by atoms with van der Waals surface area (Å²) >= 11 is 0. The molecule has 0 aliphatic carbocycles. The minimum absolute atomic E-state index is 0.583.